The van der Waals surface area contributed by atoms with Crippen LogP contribution in [0.2, 0.25) is 0 Å². The Balaban J connectivity index is 1.87. The number of rotatable bonds is 6. The monoisotopic (exact) mass is 343 g/mol. The van der Waals surface area contributed by atoms with E-state index < -0.39 is 11.7 Å². The van der Waals surface area contributed by atoms with Crippen molar-refractivity contribution in [2.75, 3.05) is 32.9 Å². The molecule has 1 aliphatic heterocycles. The number of benzene rings is 1. The minimum atomic E-state index is -0.655. The molecular weight excluding hydrogens is 322 g/mol. The zero-order valence-corrected chi connectivity index (χ0v) is 14.1. The third kappa shape index (κ3) is 5.48. The second-order valence-electron chi connectivity index (χ2n) is 5.06. The summed E-state index contributed by atoms with van der Waals surface area (Å²) in [4.78, 5) is 13.4. The van der Waals surface area contributed by atoms with E-state index in [0.29, 0.717) is 44.4 Å². The minimum absolute atomic E-state index is 0.225. The fourth-order valence-corrected chi connectivity index (χ4v) is 2.30. The van der Waals surface area contributed by atoms with Crippen LogP contribution in [0.15, 0.2) is 24.3 Å². The molecule has 0 aliphatic carbocycles. The molecule has 0 aromatic heterocycles. The molecule has 0 radical (unpaired) electrons. The van der Waals surface area contributed by atoms with Gasteiger partial charge in [-0.1, -0.05) is 23.7 Å². The Morgan fingerprint density at radius 1 is 1.39 bits per heavy atom. The van der Waals surface area contributed by atoms with E-state index in [4.69, 9.17) is 30.5 Å². The first kappa shape index (κ1) is 17.7. The van der Waals surface area contributed by atoms with Crippen molar-refractivity contribution in [2.24, 2.45) is 0 Å². The Hall–Kier alpha value is -1.66. The molecule has 0 N–H and O–H groups in total. The molecule has 6 nitrogen and oxygen atoms in total. The van der Waals surface area contributed by atoms with E-state index in [2.05, 4.69) is 0 Å². The maximum atomic E-state index is 11.9. The van der Waals surface area contributed by atoms with Crippen molar-refractivity contribution < 1.29 is 23.7 Å². The maximum Gasteiger partial charge on any atom is 0.411 e. The van der Waals surface area contributed by atoms with Gasteiger partial charge in [0.05, 0.1) is 19.8 Å². The van der Waals surface area contributed by atoms with Gasteiger partial charge in [0.15, 0.2) is 17.1 Å². The third-order valence-corrected chi connectivity index (χ3v) is 3.32. The van der Waals surface area contributed by atoms with Crippen molar-refractivity contribution in [3.8, 4) is 11.5 Å². The van der Waals surface area contributed by atoms with Gasteiger partial charge in [-0.3, -0.25) is 0 Å². The summed E-state index contributed by atoms with van der Waals surface area (Å²) in [5, 5.41) is 0. The number of morpholine rings is 1. The van der Waals surface area contributed by atoms with Gasteiger partial charge < -0.3 is 23.8 Å². The van der Waals surface area contributed by atoms with E-state index in [1.54, 1.807) is 11.8 Å². The molecule has 1 amide bonds. The van der Waals surface area contributed by atoms with Crippen LogP contribution in [0.3, 0.4) is 0 Å². The Kier molecular flexibility index (Phi) is 6.80. The average molecular weight is 344 g/mol. The molecule has 1 unspecified atom stereocenters. The van der Waals surface area contributed by atoms with Crippen molar-refractivity contribution in [1.29, 1.82) is 0 Å². The molecule has 2 rings (SSSR count). The first-order valence-electron chi connectivity index (χ1n) is 7.66. The highest BCUT2D eigenvalue weighted by atomic mass is 35.5. The van der Waals surface area contributed by atoms with E-state index in [1.807, 2.05) is 31.2 Å². The Morgan fingerprint density at radius 3 is 2.74 bits per heavy atom. The summed E-state index contributed by atoms with van der Waals surface area (Å²) in [6.07, 6.45) is -0.660. The van der Waals surface area contributed by atoms with Crippen LogP contribution in [0.5, 0.6) is 11.5 Å². The molecule has 7 heteroatoms. The molecule has 0 spiro atoms. The topological polar surface area (TPSA) is 57.2 Å². The molecule has 0 bridgehead atoms. The van der Waals surface area contributed by atoms with Crippen LogP contribution in [0.4, 0.5) is 4.79 Å². The number of hydrogen-bond donors (Lipinski definition) is 0. The number of halogens is 1. The molecule has 1 aliphatic rings. The van der Waals surface area contributed by atoms with Crippen LogP contribution < -0.4 is 9.47 Å². The summed E-state index contributed by atoms with van der Waals surface area (Å²) in [5.74, 6) is 1.35. The van der Waals surface area contributed by atoms with E-state index in [-0.39, 0.29) is 6.10 Å². The second-order valence-corrected chi connectivity index (χ2v) is 5.67. The normalized spacial score (nSPS) is 19.1. The number of nitrogens with zero attached hydrogens (tertiary/aromatic N) is 1. The summed E-state index contributed by atoms with van der Waals surface area (Å²) in [6.45, 7) is 5.73. The summed E-state index contributed by atoms with van der Waals surface area (Å²) >= 11 is 5.68. The lowest BCUT2D eigenvalue weighted by atomic mass is 10.3. The molecule has 1 heterocycles. The quantitative estimate of drug-likeness (QED) is 0.743. The van der Waals surface area contributed by atoms with Gasteiger partial charge in [-0.25, -0.2) is 4.79 Å². The zero-order chi connectivity index (χ0) is 16.7. The molecule has 23 heavy (non-hydrogen) atoms. The van der Waals surface area contributed by atoms with Crippen LogP contribution >= 0.6 is 11.6 Å². The van der Waals surface area contributed by atoms with Crippen LogP contribution in [0.25, 0.3) is 0 Å². The Bertz CT molecular complexity index is 511. The van der Waals surface area contributed by atoms with Crippen molar-refractivity contribution in [2.45, 2.75) is 25.5 Å². The number of hydrogen-bond acceptors (Lipinski definition) is 5. The first-order valence-corrected chi connectivity index (χ1v) is 8.09. The third-order valence-electron chi connectivity index (χ3n) is 3.23. The molecule has 2 atom stereocenters. The van der Waals surface area contributed by atoms with Gasteiger partial charge in [0, 0.05) is 6.54 Å². The van der Waals surface area contributed by atoms with E-state index >= 15 is 0 Å². The van der Waals surface area contributed by atoms with Crippen molar-refractivity contribution in [1.82, 2.24) is 4.90 Å². The van der Waals surface area contributed by atoms with Crippen LogP contribution in [0, 0.1) is 0 Å². The standard InChI is InChI=1S/C16H22ClNO5/c1-3-20-14-6-4-5-7-15(14)22-11-13-10-18(8-9-21-13)16(19)23-12(2)17/h4-7,12-13H,3,8-11H2,1-2H3/t12?,13-/m0/s1. The number of carbonyl (C=O) groups excluding carboxylic acids is 1. The average Bonchev–Trinajstić information content (AvgIpc) is 2.54. The molecular formula is C16H22ClNO5. The number of ether oxygens (including phenoxy) is 4. The minimum Gasteiger partial charge on any atom is -0.490 e. The fraction of sp³-hybridized carbons (Fsp3) is 0.562. The summed E-state index contributed by atoms with van der Waals surface area (Å²) in [5.41, 5.74) is -0.655. The lowest BCUT2D eigenvalue weighted by Gasteiger charge is -2.32. The second kappa shape index (κ2) is 8.84. The van der Waals surface area contributed by atoms with E-state index in [1.165, 1.54) is 0 Å². The Labute approximate surface area is 141 Å². The number of para-hydroxylation sites is 2. The largest absolute Gasteiger partial charge is 0.490 e. The summed E-state index contributed by atoms with van der Waals surface area (Å²) < 4.78 is 21.9. The zero-order valence-electron chi connectivity index (χ0n) is 13.4. The predicted molar refractivity (Wildman–Crippen MR) is 86.2 cm³/mol. The Morgan fingerprint density at radius 2 is 2.09 bits per heavy atom. The van der Waals surface area contributed by atoms with Gasteiger partial charge in [0.1, 0.15) is 12.7 Å². The highest BCUT2D eigenvalue weighted by Gasteiger charge is 2.26. The van der Waals surface area contributed by atoms with Gasteiger partial charge >= 0.3 is 6.09 Å². The predicted octanol–water partition coefficient (Wildman–Crippen LogP) is 2.89. The maximum absolute atomic E-state index is 11.9. The molecule has 1 aromatic rings. The van der Waals surface area contributed by atoms with Crippen molar-refractivity contribution in [3.63, 3.8) is 0 Å². The fourth-order valence-electron chi connectivity index (χ4n) is 2.23. The molecule has 128 valence electrons. The molecule has 1 aromatic carbocycles. The number of amides is 1. The van der Waals surface area contributed by atoms with Crippen LogP contribution in [-0.2, 0) is 9.47 Å². The van der Waals surface area contributed by atoms with Gasteiger partial charge in [-0.15, -0.1) is 0 Å². The highest BCUT2D eigenvalue weighted by Crippen LogP contribution is 2.26. The molecule has 1 saturated heterocycles. The number of carbonyl (C=O) groups is 1. The van der Waals surface area contributed by atoms with Crippen molar-refractivity contribution >= 4 is 17.7 Å². The van der Waals surface area contributed by atoms with Crippen LogP contribution in [-0.4, -0.2) is 55.6 Å². The van der Waals surface area contributed by atoms with Gasteiger partial charge in [-0.05, 0) is 26.0 Å². The number of alkyl halides is 1. The summed E-state index contributed by atoms with van der Waals surface area (Å²) in [7, 11) is 0. The van der Waals surface area contributed by atoms with Gasteiger partial charge in [-0.2, -0.15) is 0 Å². The summed E-state index contributed by atoms with van der Waals surface area (Å²) in [6, 6.07) is 7.46. The highest BCUT2D eigenvalue weighted by molar-refractivity contribution is 6.19. The SMILES string of the molecule is CCOc1ccccc1OC[C@@H]1CN(C(=O)OC(C)Cl)CCO1. The van der Waals surface area contributed by atoms with Crippen molar-refractivity contribution in [3.05, 3.63) is 24.3 Å². The van der Waals surface area contributed by atoms with Gasteiger partial charge in [0.25, 0.3) is 0 Å². The van der Waals surface area contributed by atoms with E-state index in [0.717, 1.165) is 0 Å². The molecule has 1 fully saturated rings. The first-order chi connectivity index (χ1) is 11.1. The smallest absolute Gasteiger partial charge is 0.411 e. The lowest BCUT2D eigenvalue weighted by molar-refractivity contribution is -0.0462. The van der Waals surface area contributed by atoms with E-state index in [9.17, 15) is 4.79 Å². The lowest BCUT2D eigenvalue weighted by Crippen LogP contribution is -2.48. The molecule has 0 saturated carbocycles. The van der Waals surface area contributed by atoms with Crippen LogP contribution in [0.1, 0.15) is 13.8 Å². The van der Waals surface area contributed by atoms with Gasteiger partial charge in [0.2, 0.25) is 0 Å².